The molecule has 21 heavy (non-hydrogen) atoms. The number of hydrogen-bond donors (Lipinski definition) is 2. The highest BCUT2D eigenvalue weighted by molar-refractivity contribution is 5.86. The molecule has 0 aliphatic rings. The number of methoxy groups -OCH3 is 1. The first-order valence-corrected chi connectivity index (χ1v) is 6.36. The summed E-state index contributed by atoms with van der Waals surface area (Å²) in [7, 11) is 1.39. The van der Waals surface area contributed by atoms with Gasteiger partial charge in [-0.05, 0) is 37.6 Å². The van der Waals surface area contributed by atoms with Gasteiger partial charge in [-0.15, -0.1) is 0 Å². The molecular formula is C13H18FN5O2. The summed E-state index contributed by atoms with van der Waals surface area (Å²) in [5.74, 6) is -1.08. The van der Waals surface area contributed by atoms with Gasteiger partial charge < -0.3 is 10.5 Å². The third-order valence-corrected chi connectivity index (χ3v) is 3.16. The largest absolute Gasteiger partial charge is 0.496 e. The van der Waals surface area contributed by atoms with Crippen molar-refractivity contribution in [1.29, 1.82) is 0 Å². The van der Waals surface area contributed by atoms with Gasteiger partial charge in [0.05, 0.1) is 12.7 Å². The molecular weight excluding hydrogens is 277 g/mol. The second-order valence-electron chi connectivity index (χ2n) is 4.54. The van der Waals surface area contributed by atoms with E-state index in [-0.39, 0.29) is 17.9 Å². The number of nitrogens with one attached hydrogen (secondary N) is 1. The molecule has 0 aliphatic carbocycles. The summed E-state index contributed by atoms with van der Waals surface area (Å²) >= 11 is 0. The minimum atomic E-state index is -1.42. The molecule has 0 aliphatic heterocycles. The van der Waals surface area contributed by atoms with Crippen molar-refractivity contribution in [2.24, 2.45) is 10.8 Å². The Morgan fingerprint density at radius 1 is 1.62 bits per heavy atom. The molecule has 0 saturated heterocycles. The zero-order valence-corrected chi connectivity index (χ0v) is 12.0. The molecule has 1 rings (SSSR count). The minimum absolute atomic E-state index is 0.0591. The summed E-state index contributed by atoms with van der Waals surface area (Å²) in [6, 6.07) is 4.28. The van der Waals surface area contributed by atoms with Crippen molar-refractivity contribution in [2.45, 2.75) is 18.9 Å². The zero-order valence-electron chi connectivity index (χ0n) is 12.0. The number of halogens is 1. The molecule has 7 nitrogen and oxygen atoms in total. The summed E-state index contributed by atoms with van der Waals surface area (Å²) < 4.78 is 19.2. The van der Waals surface area contributed by atoms with Crippen molar-refractivity contribution in [3.8, 4) is 5.75 Å². The summed E-state index contributed by atoms with van der Waals surface area (Å²) in [4.78, 5) is 14.4. The number of rotatable bonds is 8. The number of nitrogens with zero attached hydrogens (tertiary/aromatic N) is 3. The lowest BCUT2D eigenvalue weighted by Gasteiger charge is -2.29. The van der Waals surface area contributed by atoms with Crippen LogP contribution in [0.3, 0.4) is 0 Å². The van der Waals surface area contributed by atoms with Gasteiger partial charge in [0.2, 0.25) is 5.91 Å². The third kappa shape index (κ3) is 3.84. The van der Waals surface area contributed by atoms with Gasteiger partial charge in [-0.3, -0.25) is 10.1 Å². The van der Waals surface area contributed by atoms with Gasteiger partial charge in [-0.25, -0.2) is 4.39 Å². The minimum Gasteiger partial charge on any atom is -0.496 e. The summed E-state index contributed by atoms with van der Waals surface area (Å²) in [5, 5.41) is 6.29. The Bertz CT molecular complexity index is 559. The average Bonchev–Trinajstić information content (AvgIpc) is 2.46. The van der Waals surface area contributed by atoms with Crippen molar-refractivity contribution >= 4 is 5.91 Å². The standard InChI is InChI=1S/C13H18FN5O2/c1-13(12(15)20,17-7-4-8-18-19-16)11-9(14)5-3-6-10(11)21-2/h3,5-6,17H,4,7-8H2,1-2H3,(H2,15,20). The predicted octanol–water partition coefficient (Wildman–Crippen LogP) is 1.82. The van der Waals surface area contributed by atoms with Gasteiger partial charge in [0.1, 0.15) is 17.1 Å². The van der Waals surface area contributed by atoms with Gasteiger partial charge in [0.15, 0.2) is 0 Å². The van der Waals surface area contributed by atoms with Crippen LogP contribution in [0.25, 0.3) is 10.4 Å². The molecule has 8 heteroatoms. The summed E-state index contributed by atoms with van der Waals surface area (Å²) in [5.41, 5.74) is 12.3. The molecule has 3 N–H and O–H groups in total. The van der Waals surface area contributed by atoms with Crippen LogP contribution in [0.1, 0.15) is 18.9 Å². The number of benzene rings is 1. The molecule has 0 heterocycles. The fourth-order valence-corrected chi connectivity index (χ4v) is 1.99. The van der Waals surface area contributed by atoms with E-state index in [1.165, 1.54) is 26.2 Å². The van der Waals surface area contributed by atoms with Crippen LogP contribution < -0.4 is 15.8 Å². The highest BCUT2D eigenvalue weighted by atomic mass is 19.1. The maximum Gasteiger partial charge on any atom is 0.242 e. The van der Waals surface area contributed by atoms with E-state index in [0.29, 0.717) is 13.0 Å². The van der Waals surface area contributed by atoms with Crippen LogP contribution in [0.2, 0.25) is 0 Å². The quantitative estimate of drug-likeness (QED) is 0.330. The van der Waals surface area contributed by atoms with Crippen molar-refractivity contribution < 1.29 is 13.9 Å². The second kappa shape index (κ2) is 7.47. The van der Waals surface area contributed by atoms with Gasteiger partial charge in [-0.1, -0.05) is 11.2 Å². The number of nitrogens with two attached hydrogens (primary N) is 1. The molecule has 0 fully saturated rings. The van der Waals surface area contributed by atoms with Crippen LogP contribution in [-0.4, -0.2) is 26.1 Å². The highest BCUT2D eigenvalue weighted by Crippen LogP contribution is 2.32. The topological polar surface area (TPSA) is 113 Å². The monoisotopic (exact) mass is 295 g/mol. The fraction of sp³-hybridized carbons (Fsp3) is 0.462. The van der Waals surface area contributed by atoms with Gasteiger partial charge >= 0.3 is 0 Å². The van der Waals surface area contributed by atoms with E-state index in [1.54, 1.807) is 6.07 Å². The van der Waals surface area contributed by atoms with E-state index in [0.717, 1.165) is 0 Å². The maximum absolute atomic E-state index is 14.1. The number of ether oxygens (including phenoxy) is 1. The molecule has 1 aromatic carbocycles. The molecule has 1 aromatic rings. The molecule has 0 aromatic heterocycles. The lowest BCUT2D eigenvalue weighted by molar-refractivity contribution is -0.124. The molecule has 0 radical (unpaired) electrons. The number of carbonyl (C=O) groups excluding carboxylic acids is 1. The molecule has 0 saturated carbocycles. The first-order chi connectivity index (χ1) is 9.97. The van der Waals surface area contributed by atoms with Crippen LogP contribution in [-0.2, 0) is 10.3 Å². The average molecular weight is 295 g/mol. The smallest absolute Gasteiger partial charge is 0.242 e. The molecule has 0 bridgehead atoms. The van der Waals surface area contributed by atoms with E-state index in [1.807, 2.05) is 0 Å². The summed E-state index contributed by atoms with van der Waals surface area (Å²) in [6.45, 7) is 2.09. The predicted molar refractivity (Wildman–Crippen MR) is 76.1 cm³/mol. The Labute approximate surface area is 121 Å². The van der Waals surface area contributed by atoms with Crippen LogP contribution >= 0.6 is 0 Å². The lowest BCUT2D eigenvalue weighted by Crippen LogP contribution is -2.51. The van der Waals surface area contributed by atoms with E-state index >= 15 is 0 Å². The van der Waals surface area contributed by atoms with Crippen molar-refractivity contribution in [2.75, 3.05) is 20.2 Å². The van der Waals surface area contributed by atoms with Crippen LogP contribution in [0, 0.1) is 5.82 Å². The lowest BCUT2D eigenvalue weighted by atomic mass is 9.89. The molecule has 1 atom stereocenters. The molecule has 114 valence electrons. The van der Waals surface area contributed by atoms with Crippen LogP contribution in [0.15, 0.2) is 23.3 Å². The molecule has 1 amide bonds. The van der Waals surface area contributed by atoms with Gasteiger partial charge in [0.25, 0.3) is 0 Å². The van der Waals surface area contributed by atoms with E-state index in [2.05, 4.69) is 15.3 Å². The zero-order chi connectivity index (χ0) is 15.9. The Morgan fingerprint density at radius 2 is 2.33 bits per heavy atom. The van der Waals surface area contributed by atoms with Crippen molar-refractivity contribution in [1.82, 2.24) is 5.32 Å². The third-order valence-electron chi connectivity index (χ3n) is 3.16. The van der Waals surface area contributed by atoms with Gasteiger partial charge in [0, 0.05) is 11.5 Å². The first kappa shape index (κ1) is 16.7. The van der Waals surface area contributed by atoms with Gasteiger partial charge in [-0.2, -0.15) is 0 Å². The number of primary amides is 1. The summed E-state index contributed by atoms with van der Waals surface area (Å²) in [6.07, 6.45) is 0.490. The second-order valence-corrected chi connectivity index (χ2v) is 4.54. The Balaban J connectivity index is 3.05. The first-order valence-electron chi connectivity index (χ1n) is 6.36. The fourth-order valence-electron chi connectivity index (χ4n) is 1.99. The maximum atomic E-state index is 14.1. The molecule has 1 unspecified atom stereocenters. The number of hydrogen-bond acceptors (Lipinski definition) is 4. The Hall–Kier alpha value is -2.31. The van der Waals surface area contributed by atoms with E-state index < -0.39 is 17.3 Å². The van der Waals surface area contributed by atoms with Crippen LogP contribution in [0.5, 0.6) is 5.75 Å². The number of amides is 1. The molecule has 0 spiro atoms. The highest BCUT2D eigenvalue weighted by Gasteiger charge is 2.37. The SMILES string of the molecule is COc1cccc(F)c1C(C)(NCCCN=[N+]=[N-])C(N)=O. The normalized spacial score (nSPS) is 13.1. The van der Waals surface area contributed by atoms with Crippen molar-refractivity contribution in [3.05, 3.63) is 40.0 Å². The number of azide groups is 1. The van der Waals surface area contributed by atoms with E-state index in [4.69, 9.17) is 16.0 Å². The number of carbonyl (C=O) groups is 1. The van der Waals surface area contributed by atoms with Crippen LogP contribution in [0.4, 0.5) is 4.39 Å². The Morgan fingerprint density at radius 3 is 2.90 bits per heavy atom. The van der Waals surface area contributed by atoms with E-state index in [9.17, 15) is 9.18 Å². The Kier molecular flexibility index (Phi) is 5.95. The van der Waals surface area contributed by atoms with Crippen molar-refractivity contribution in [3.63, 3.8) is 0 Å².